The molecule has 8 heteroatoms. The first-order chi connectivity index (χ1) is 14.9. The molecule has 0 fully saturated rings. The molecule has 1 aromatic carbocycles. The molecule has 0 aliphatic rings. The van der Waals surface area contributed by atoms with Crippen LogP contribution in [-0.4, -0.2) is 34.0 Å². The zero-order valence-corrected chi connectivity index (χ0v) is 17.7. The largest absolute Gasteiger partial charge is 0.369 e. The van der Waals surface area contributed by atoms with E-state index >= 15 is 0 Å². The van der Waals surface area contributed by atoms with Crippen LogP contribution in [0.3, 0.4) is 0 Å². The molecule has 1 atom stereocenters. The maximum Gasteiger partial charge on any atom is 0.264 e. The Morgan fingerprint density at radius 1 is 1.16 bits per heavy atom. The molecule has 0 radical (unpaired) electrons. The zero-order valence-electron chi connectivity index (χ0n) is 17.7. The Balaban J connectivity index is 1.78. The van der Waals surface area contributed by atoms with Crippen molar-refractivity contribution in [3.05, 3.63) is 65.9 Å². The number of allylic oxidation sites excluding steroid dienone is 1. The molecule has 2 heterocycles. The Labute approximate surface area is 179 Å². The number of aromatic nitrogens is 3. The van der Waals surface area contributed by atoms with E-state index in [1.165, 1.54) is 18.6 Å². The van der Waals surface area contributed by atoms with E-state index in [0.29, 0.717) is 29.1 Å². The number of fused-ring (bicyclic) bond motifs is 1. The van der Waals surface area contributed by atoms with Gasteiger partial charge in [-0.15, -0.1) is 0 Å². The smallest absolute Gasteiger partial charge is 0.264 e. The van der Waals surface area contributed by atoms with Crippen LogP contribution in [0.4, 0.5) is 14.6 Å². The molecule has 0 aliphatic carbocycles. The first kappa shape index (κ1) is 22.1. The predicted octanol–water partition coefficient (Wildman–Crippen LogP) is 5.66. The summed E-state index contributed by atoms with van der Waals surface area (Å²) < 4.78 is 26.7. The standard InChI is InChI=1S/C23H24F2N6/c1-14(17-6-5-7-18-19(23(24)25)8-9-27-22(17)18)11-29-21-10-20(30-13-31-21)15(2)12-28-16(3)26-4/h5-10,12-14,23H,4,11H2,1-3H3,(H,29,30,31)/b15-12+,28-16?/t14-/m1/s1. The van der Waals surface area contributed by atoms with Gasteiger partial charge in [-0.1, -0.05) is 25.1 Å². The van der Waals surface area contributed by atoms with Crippen molar-refractivity contribution >= 4 is 34.8 Å². The molecule has 0 bridgehead atoms. The highest BCUT2D eigenvalue weighted by atomic mass is 19.3. The molecule has 3 aromatic rings. The van der Waals surface area contributed by atoms with Gasteiger partial charge in [0.1, 0.15) is 18.0 Å². The summed E-state index contributed by atoms with van der Waals surface area (Å²) in [5.74, 6) is 1.25. The first-order valence-electron chi connectivity index (χ1n) is 9.80. The number of rotatable bonds is 7. The van der Waals surface area contributed by atoms with Crippen LogP contribution >= 0.6 is 0 Å². The number of pyridine rings is 1. The summed E-state index contributed by atoms with van der Waals surface area (Å²) >= 11 is 0. The van der Waals surface area contributed by atoms with Crippen molar-refractivity contribution in [1.29, 1.82) is 0 Å². The zero-order chi connectivity index (χ0) is 22.4. The van der Waals surface area contributed by atoms with Gasteiger partial charge < -0.3 is 5.32 Å². The highest BCUT2D eigenvalue weighted by molar-refractivity contribution is 5.86. The van der Waals surface area contributed by atoms with Gasteiger partial charge in [0.25, 0.3) is 6.43 Å². The van der Waals surface area contributed by atoms with Crippen molar-refractivity contribution < 1.29 is 8.78 Å². The second-order valence-electron chi connectivity index (χ2n) is 7.16. The van der Waals surface area contributed by atoms with E-state index in [1.54, 1.807) is 25.3 Å². The minimum absolute atomic E-state index is 0.000682. The molecule has 3 rings (SSSR count). The third-order valence-corrected chi connectivity index (χ3v) is 4.94. The fraction of sp³-hybridized carbons (Fsp3) is 0.261. The number of hydrogen-bond acceptors (Lipinski definition) is 5. The molecule has 0 amide bonds. The molecule has 6 nitrogen and oxygen atoms in total. The minimum Gasteiger partial charge on any atom is -0.369 e. The summed E-state index contributed by atoms with van der Waals surface area (Å²) in [7, 11) is 0. The normalized spacial score (nSPS) is 13.5. The lowest BCUT2D eigenvalue weighted by atomic mass is 9.96. The second-order valence-corrected chi connectivity index (χ2v) is 7.16. The van der Waals surface area contributed by atoms with Crippen molar-refractivity contribution in [2.75, 3.05) is 11.9 Å². The molecule has 160 valence electrons. The quantitative estimate of drug-likeness (QED) is 0.394. The third kappa shape index (κ3) is 5.33. The van der Waals surface area contributed by atoms with Gasteiger partial charge in [-0.25, -0.2) is 28.7 Å². The van der Waals surface area contributed by atoms with E-state index < -0.39 is 6.43 Å². The maximum atomic E-state index is 13.3. The number of halogens is 2. The van der Waals surface area contributed by atoms with E-state index in [-0.39, 0.29) is 11.5 Å². The monoisotopic (exact) mass is 422 g/mol. The van der Waals surface area contributed by atoms with Gasteiger partial charge in [-0.3, -0.25) is 4.98 Å². The highest BCUT2D eigenvalue weighted by Gasteiger charge is 2.16. The van der Waals surface area contributed by atoms with Crippen LogP contribution in [0, 0.1) is 0 Å². The summed E-state index contributed by atoms with van der Waals surface area (Å²) in [4.78, 5) is 20.9. The van der Waals surface area contributed by atoms with Gasteiger partial charge in [0, 0.05) is 41.9 Å². The molecule has 0 saturated heterocycles. The van der Waals surface area contributed by atoms with Crippen LogP contribution in [0.2, 0.25) is 0 Å². The van der Waals surface area contributed by atoms with Gasteiger partial charge in [-0.2, -0.15) is 0 Å². The number of nitrogens with one attached hydrogen (secondary N) is 1. The third-order valence-electron chi connectivity index (χ3n) is 4.94. The number of nitrogens with zero attached hydrogens (tertiary/aromatic N) is 5. The summed E-state index contributed by atoms with van der Waals surface area (Å²) in [5.41, 5.74) is 3.10. The van der Waals surface area contributed by atoms with E-state index in [4.69, 9.17) is 0 Å². The summed E-state index contributed by atoms with van der Waals surface area (Å²) in [5, 5.41) is 3.78. The SMILES string of the molecule is C=NC(C)=N/C=C(\C)c1cc(NC[C@@H](C)c2cccc3c(C(F)F)ccnc23)ncn1. The van der Waals surface area contributed by atoms with E-state index in [2.05, 4.69) is 37.0 Å². The lowest BCUT2D eigenvalue weighted by molar-refractivity contribution is 0.153. The summed E-state index contributed by atoms with van der Waals surface area (Å²) in [6.45, 7) is 9.67. The van der Waals surface area contributed by atoms with Gasteiger partial charge >= 0.3 is 0 Å². The Morgan fingerprint density at radius 3 is 2.71 bits per heavy atom. The number of aliphatic imine (C=N–C) groups is 2. The Morgan fingerprint density at radius 2 is 1.97 bits per heavy atom. The number of hydrogen-bond donors (Lipinski definition) is 1. The van der Waals surface area contributed by atoms with Gasteiger partial charge in [-0.05, 0) is 37.8 Å². The fourth-order valence-corrected chi connectivity index (χ4v) is 3.14. The molecular formula is C23H24F2N6. The van der Waals surface area contributed by atoms with Crippen LogP contribution in [0.5, 0.6) is 0 Å². The highest BCUT2D eigenvalue weighted by Crippen LogP contribution is 2.31. The number of anilines is 1. The average Bonchev–Trinajstić information content (AvgIpc) is 2.79. The number of para-hydroxylation sites is 1. The fourth-order valence-electron chi connectivity index (χ4n) is 3.14. The molecule has 31 heavy (non-hydrogen) atoms. The van der Waals surface area contributed by atoms with E-state index in [1.807, 2.05) is 26.0 Å². The molecular weight excluding hydrogens is 398 g/mol. The molecule has 2 aromatic heterocycles. The van der Waals surface area contributed by atoms with Crippen molar-refractivity contribution in [2.45, 2.75) is 33.1 Å². The Hall–Kier alpha value is -3.55. The predicted molar refractivity (Wildman–Crippen MR) is 122 cm³/mol. The minimum atomic E-state index is -2.54. The van der Waals surface area contributed by atoms with Crippen molar-refractivity contribution in [3.8, 4) is 0 Å². The Bertz CT molecular complexity index is 1140. The number of amidine groups is 1. The van der Waals surface area contributed by atoms with Crippen LogP contribution in [0.1, 0.15) is 49.9 Å². The summed E-state index contributed by atoms with van der Waals surface area (Å²) in [6, 6.07) is 8.60. The van der Waals surface area contributed by atoms with Crippen molar-refractivity contribution in [1.82, 2.24) is 15.0 Å². The molecule has 0 spiro atoms. The van der Waals surface area contributed by atoms with Gasteiger partial charge in [0.2, 0.25) is 0 Å². The maximum absolute atomic E-state index is 13.3. The number of alkyl halides is 2. The molecule has 1 N–H and O–H groups in total. The van der Waals surface area contributed by atoms with Crippen molar-refractivity contribution in [2.24, 2.45) is 9.98 Å². The Kier molecular flexibility index (Phi) is 7.12. The van der Waals surface area contributed by atoms with Crippen LogP contribution in [-0.2, 0) is 0 Å². The second kappa shape index (κ2) is 9.97. The van der Waals surface area contributed by atoms with E-state index in [9.17, 15) is 8.78 Å². The van der Waals surface area contributed by atoms with Crippen molar-refractivity contribution in [3.63, 3.8) is 0 Å². The molecule has 0 aliphatic heterocycles. The van der Waals surface area contributed by atoms with Crippen LogP contribution in [0.25, 0.3) is 16.5 Å². The lowest BCUT2D eigenvalue weighted by Gasteiger charge is -2.16. The number of benzene rings is 1. The lowest BCUT2D eigenvalue weighted by Crippen LogP contribution is -2.12. The van der Waals surface area contributed by atoms with E-state index in [0.717, 1.165) is 16.8 Å². The topological polar surface area (TPSA) is 75.4 Å². The molecule has 0 unspecified atom stereocenters. The van der Waals surface area contributed by atoms with Crippen LogP contribution in [0.15, 0.2) is 59.0 Å². The first-order valence-corrected chi connectivity index (χ1v) is 9.80. The van der Waals surface area contributed by atoms with Gasteiger partial charge in [0.15, 0.2) is 0 Å². The molecule has 0 saturated carbocycles. The summed E-state index contributed by atoms with van der Waals surface area (Å²) in [6.07, 6.45) is 2.06. The van der Waals surface area contributed by atoms with Gasteiger partial charge in [0.05, 0.1) is 11.2 Å². The average molecular weight is 422 g/mol. The van der Waals surface area contributed by atoms with Crippen LogP contribution < -0.4 is 5.32 Å².